The zero-order valence-electron chi connectivity index (χ0n) is 13.7. The van der Waals surface area contributed by atoms with Gasteiger partial charge < -0.3 is 10.3 Å². The van der Waals surface area contributed by atoms with Crippen LogP contribution in [0.2, 0.25) is 0 Å². The van der Waals surface area contributed by atoms with Crippen LogP contribution < -0.4 is 4.90 Å². The molecule has 0 saturated heterocycles. The average molecular weight is 294 g/mol. The molecule has 0 heterocycles. The minimum Gasteiger partial charge on any atom is -0.378 e. The average Bonchev–Trinajstić information content (AvgIpc) is 3.08. The summed E-state index contributed by atoms with van der Waals surface area (Å²) in [4.78, 5) is 2.13. The summed E-state index contributed by atoms with van der Waals surface area (Å²) < 4.78 is 0. The predicted molar refractivity (Wildman–Crippen MR) is 95.9 cm³/mol. The predicted octanol–water partition coefficient (Wildman–Crippen LogP) is 5.04. The Morgan fingerprint density at radius 2 is 1.91 bits per heavy atom. The molecule has 0 bridgehead atoms. The lowest BCUT2D eigenvalue weighted by Gasteiger charge is -2.25. The lowest BCUT2D eigenvalue weighted by molar-refractivity contribution is 0.438. The van der Waals surface area contributed by atoms with Crippen LogP contribution in [0.15, 0.2) is 36.4 Å². The lowest BCUT2D eigenvalue weighted by Crippen LogP contribution is -2.20. The van der Waals surface area contributed by atoms with Crippen molar-refractivity contribution in [2.45, 2.75) is 38.5 Å². The Labute approximate surface area is 134 Å². The molecule has 0 aromatic heterocycles. The Bertz CT molecular complexity index is 617. The Morgan fingerprint density at radius 1 is 1.14 bits per heavy atom. The van der Waals surface area contributed by atoms with E-state index < -0.39 is 0 Å². The van der Waals surface area contributed by atoms with Crippen LogP contribution in [0, 0.1) is 11.3 Å². The first-order chi connectivity index (χ1) is 10.7. The summed E-state index contributed by atoms with van der Waals surface area (Å²) in [7, 11) is 4.14. The molecule has 116 valence electrons. The number of anilines is 1. The van der Waals surface area contributed by atoms with E-state index in [9.17, 15) is 0 Å². The van der Waals surface area contributed by atoms with Crippen LogP contribution in [-0.2, 0) is 0 Å². The summed E-state index contributed by atoms with van der Waals surface area (Å²) in [5.74, 6) is 0.444. The van der Waals surface area contributed by atoms with E-state index in [0.29, 0.717) is 5.92 Å². The van der Waals surface area contributed by atoms with Crippen molar-refractivity contribution >= 4 is 17.0 Å². The Kier molecular flexibility index (Phi) is 4.47. The SMILES string of the molecule is CN(C)c1ccc(C2=CC=CC2)c(C(=N)C2CCCCC2)c1. The van der Waals surface area contributed by atoms with Crippen LogP contribution in [-0.4, -0.2) is 19.8 Å². The second kappa shape index (κ2) is 6.51. The molecule has 2 aliphatic carbocycles. The maximum atomic E-state index is 8.80. The van der Waals surface area contributed by atoms with Crippen molar-refractivity contribution < 1.29 is 0 Å². The minimum absolute atomic E-state index is 0.444. The van der Waals surface area contributed by atoms with Gasteiger partial charge in [0.25, 0.3) is 0 Å². The third kappa shape index (κ3) is 3.01. The molecule has 2 aliphatic rings. The molecule has 0 unspecified atom stereocenters. The number of nitrogens with one attached hydrogen (secondary N) is 1. The molecule has 0 amide bonds. The van der Waals surface area contributed by atoms with Gasteiger partial charge in [-0.3, -0.25) is 0 Å². The van der Waals surface area contributed by atoms with Gasteiger partial charge in [-0.25, -0.2) is 0 Å². The van der Waals surface area contributed by atoms with Crippen molar-refractivity contribution in [1.29, 1.82) is 5.41 Å². The first-order valence-corrected chi connectivity index (χ1v) is 8.43. The van der Waals surface area contributed by atoms with Crippen LogP contribution in [0.1, 0.15) is 49.7 Å². The molecule has 1 aromatic rings. The second-order valence-corrected chi connectivity index (χ2v) is 6.70. The molecule has 2 heteroatoms. The van der Waals surface area contributed by atoms with Gasteiger partial charge in [0, 0.05) is 37.0 Å². The van der Waals surface area contributed by atoms with Gasteiger partial charge in [-0.1, -0.05) is 43.6 Å². The molecule has 2 nitrogen and oxygen atoms in total. The van der Waals surface area contributed by atoms with Crippen LogP contribution >= 0.6 is 0 Å². The first-order valence-electron chi connectivity index (χ1n) is 8.43. The third-order valence-electron chi connectivity index (χ3n) is 4.94. The van der Waals surface area contributed by atoms with E-state index in [4.69, 9.17) is 5.41 Å². The van der Waals surface area contributed by atoms with Crippen molar-refractivity contribution in [2.75, 3.05) is 19.0 Å². The number of benzene rings is 1. The topological polar surface area (TPSA) is 27.1 Å². The molecule has 22 heavy (non-hydrogen) atoms. The number of allylic oxidation sites excluding steroid dienone is 4. The van der Waals surface area contributed by atoms with Crippen LogP contribution in [0.25, 0.3) is 5.57 Å². The highest BCUT2D eigenvalue weighted by molar-refractivity contribution is 6.05. The van der Waals surface area contributed by atoms with Crippen molar-refractivity contribution in [3.8, 4) is 0 Å². The van der Waals surface area contributed by atoms with E-state index in [1.807, 2.05) is 0 Å². The zero-order valence-corrected chi connectivity index (χ0v) is 13.7. The number of hydrogen-bond donors (Lipinski definition) is 1. The summed E-state index contributed by atoms with van der Waals surface area (Å²) in [6, 6.07) is 6.60. The monoisotopic (exact) mass is 294 g/mol. The van der Waals surface area contributed by atoms with Crippen LogP contribution in [0.5, 0.6) is 0 Å². The van der Waals surface area contributed by atoms with E-state index in [0.717, 1.165) is 17.7 Å². The molecule has 0 radical (unpaired) electrons. The smallest absolute Gasteiger partial charge is 0.0423 e. The summed E-state index contributed by atoms with van der Waals surface area (Å²) in [6.07, 6.45) is 13.8. The van der Waals surface area contributed by atoms with Gasteiger partial charge in [0.1, 0.15) is 0 Å². The molecular weight excluding hydrogens is 268 g/mol. The van der Waals surface area contributed by atoms with Crippen molar-refractivity contribution in [2.24, 2.45) is 5.92 Å². The molecule has 3 rings (SSSR count). The molecule has 0 aliphatic heterocycles. The fourth-order valence-corrected chi connectivity index (χ4v) is 3.57. The highest BCUT2D eigenvalue weighted by Gasteiger charge is 2.22. The molecule has 0 spiro atoms. The van der Waals surface area contributed by atoms with Crippen molar-refractivity contribution in [1.82, 2.24) is 0 Å². The maximum Gasteiger partial charge on any atom is 0.0423 e. The van der Waals surface area contributed by atoms with Gasteiger partial charge in [-0.15, -0.1) is 0 Å². The quantitative estimate of drug-likeness (QED) is 0.773. The summed E-state index contributed by atoms with van der Waals surface area (Å²) in [6.45, 7) is 0. The molecule has 1 fully saturated rings. The Hall–Kier alpha value is -1.83. The van der Waals surface area contributed by atoms with Crippen LogP contribution in [0.4, 0.5) is 5.69 Å². The Balaban J connectivity index is 1.98. The van der Waals surface area contributed by atoms with Gasteiger partial charge >= 0.3 is 0 Å². The summed E-state index contributed by atoms with van der Waals surface area (Å²) in [5, 5.41) is 8.80. The third-order valence-corrected chi connectivity index (χ3v) is 4.94. The Morgan fingerprint density at radius 3 is 2.55 bits per heavy atom. The minimum atomic E-state index is 0.444. The van der Waals surface area contributed by atoms with Crippen molar-refractivity contribution in [3.05, 3.63) is 47.6 Å². The van der Waals surface area contributed by atoms with Gasteiger partial charge in [0.15, 0.2) is 0 Å². The molecular formula is C20H26N2. The fraction of sp³-hybridized carbons (Fsp3) is 0.450. The van der Waals surface area contributed by atoms with Gasteiger partial charge in [-0.05, 0) is 42.5 Å². The number of nitrogens with zero attached hydrogens (tertiary/aromatic N) is 1. The van der Waals surface area contributed by atoms with Gasteiger partial charge in [0.2, 0.25) is 0 Å². The lowest BCUT2D eigenvalue weighted by atomic mass is 9.81. The van der Waals surface area contributed by atoms with E-state index in [2.05, 4.69) is 55.4 Å². The fourth-order valence-electron chi connectivity index (χ4n) is 3.57. The van der Waals surface area contributed by atoms with Gasteiger partial charge in [0.05, 0.1) is 0 Å². The largest absolute Gasteiger partial charge is 0.378 e. The van der Waals surface area contributed by atoms with Crippen LogP contribution in [0.3, 0.4) is 0 Å². The molecule has 1 N–H and O–H groups in total. The van der Waals surface area contributed by atoms with E-state index in [1.54, 1.807) is 0 Å². The van der Waals surface area contributed by atoms with E-state index in [1.165, 1.54) is 48.9 Å². The maximum absolute atomic E-state index is 8.80. The normalized spacial score (nSPS) is 18.4. The van der Waals surface area contributed by atoms with Gasteiger partial charge in [-0.2, -0.15) is 0 Å². The zero-order chi connectivity index (χ0) is 15.5. The molecule has 1 saturated carbocycles. The highest BCUT2D eigenvalue weighted by atomic mass is 15.1. The van der Waals surface area contributed by atoms with E-state index in [-0.39, 0.29) is 0 Å². The highest BCUT2D eigenvalue weighted by Crippen LogP contribution is 2.33. The number of hydrogen-bond acceptors (Lipinski definition) is 2. The second-order valence-electron chi connectivity index (χ2n) is 6.70. The number of rotatable bonds is 4. The molecule has 1 aromatic carbocycles. The summed E-state index contributed by atoms with van der Waals surface area (Å²) >= 11 is 0. The molecule has 0 atom stereocenters. The van der Waals surface area contributed by atoms with Crippen molar-refractivity contribution in [3.63, 3.8) is 0 Å². The first kappa shape index (κ1) is 15.1. The standard InChI is InChI=1S/C20H26N2/c1-22(2)17-12-13-18(15-8-6-7-9-15)19(14-17)20(21)16-10-4-3-5-11-16/h6-8,12-14,16,21H,3-5,9-11H2,1-2H3. The van der Waals surface area contributed by atoms with E-state index >= 15 is 0 Å². The summed E-state index contributed by atoms with van der Waals surface area (Å²) in [5.41, 5.74) is 5.79.